The molecule has 4 nitrogen and oxygen atoms in total. The number of alkyl halides is 3. The third-order valence-corrected chi connectivity index (χ3v) is 2.87. The highest BCUT2D eigenvalue weighted by atomic mass is 19.4. The van der Waals surface area contributed by atoms with Crippen LogP contribution in [0.1, 0.15) is 35.1 Å². The second-order valence-corrected chi connectivity index (χ2v) is 4.45. The molecule has 0 fully saturated rings. The molecule has 7 heteroatoms. The summed E-state index contributed by atoms with van der Waals surface area (Å²) in [5.41, 5.74) is 0.0431. The smallest absolute Gasteiger partial charge is 0.351 e. The number of amides is 1. The van der Waals surface area contributed by atoms with Crippen molar-refractivity contribution in [1.29, 1.82) is 0 Å². The maximum absolute atomic E-state index is 12.7. The Balaban J connectivity index is 2.53. The number of hydrogen-bond donors (Lipinski definition) is 1. The molecule has 0 radical (unpaired) electrons. The van der Waals surface area contributed by atoms with Gasteiger partial charge < -0.3 is 5.32 Å². The first-order valence-electron chi connectivity index (χ1n) is 6.18. The lowest BCUT2D eigenvalue weighted by atomic mass is 10.2. The highest BCUT2D eigenvalue weighted by molar-refractivity contribution is 5.94. The number of imidazole rings is 1. The zero-order chi connectivity index (χ0) is 14.9. The first kappa shape index (κ1) is 14.4. The van der Waals surface area contributed by atoms with E-state index >= 15 is 0 Å². The molecule has 2 aromatic rings. The van der Waals surface area contributed by atoms with Gasteiger partial charge in [-0.25, -0.2) is 4.98 Å². The van der Waals surface area contributed by atoms with E-state index in [9.17, 15) is 18.0 Å². The second kappa shape index (κ2) is 5.15. The number of carbonyl (C=O) groups is 1. The first-order valence-corrected chi connectivity index (χ1v) is 6.18. The fourth-order valence-electron chi connectivity index (χ4n) is 1.93. The van der Waals surface area contributed by atoms with Gasteiger partial charge in [0.05, 0.1) is 11.3 Å². The summed E-state index contributed by atoms with van der Waals surface area (Å²) < 4.78 is 39.4. The summed E-state index contributed by atoms with van der Waals surface area (Å²) in [4.78, 5) is 16.1. The summed E-state index contributed by atoms with van der Waals surface area (Å²) in [7, 11) is 0. The lowest BCUT2D eigenvalue weighted by Crippen LogP contribution is -2.26. The summed E-state index contributed by atoms with van der Waals surface area (Å²) in [6.45, 7) is 3.95. The molecule has 0 bridgehead atoms. The van der Waals surface area contributed by atoms with Crippen molar-refractivity contribution in [2.45, 2.75) is 26.4 Å². The molecule has 2 heterocycles. The number of nitrogens with zero attached hydrogens (tertiary/aromatic N) is 2. The molecule has 1 N–H and O–H groups in total. The zero-order valence-corrected chi connectivity index (χ0v) is 11.1. The minimum atomic E-state index is -4.45. The van der Waals surface area contributed by atoms with Crippen molar-refractivity contribution in [2.24, 2.45) is 0 Å². The van der Waals surface area contributed by atoms with Gasteiger partial charge >= 0.3 is 6.18 Å². The fraction of sp³-hybridized carbons (Fsp3) is 0.385. The number of nitrogens with one attached hydrogen (secondary N) is 1. The molecule has 0 saturated heterocycles. The van der Waals surface area contributed by atoms with Crippen molar-refractivity contribution < 1.29 is 18.0 Å². The van der Waals surface area contributed by atoms with Crippen LogP contribution in [0.4, 0.5) is 13.2 Å². The molecule has 0 aliphatic rings. The van der Waals surface area contributed by atoms with Crippen LogP contribution in [0.2, 0.25) is 0 Å². The molecule has 0 aliphatic heterocycles. The SMILES string of the molecule is CCCNC(=O)c1c(C)nc2ccc(C(F)(F)F)cn12. The Bertz CT molecular complexity index is 646. The quantitative estimate of drug-likeness (QED) is 0.942. The lowest BCUT2D eigenvalue weighted by molar-refractivity contribution is -0.137. The van der Waals surface area contributed by atoms with Crippen LogP contribution in [0.5, 0.6) is 0 Å². The predicted octanol–water partition coefficient (Wildman–Crippen LogP) is 2.80. The van der Waals surface area contributed by atoms with Gasteiger partial charge in [-0.2, -0.15) is 13.2 Å². The second-order valence-electron chi connectivity index (χ2n) is 4.45. The Morgan fingerprint density at radius 1 is 1.40 bits per heavy atom. The van der Waals surface area contributed by atoms with E-state index in [1.807, 2.05) is 6.92 Å². The van der Waals surface area contributed by atoms with Gasteiger partial charge in [0, 0.05) is 12.7 Å². The monoisotopic (exact) mass is 285 g/mol. The van der Waals surface area contributed by atoms with Gasteiger partial charge in [0.25, 0.3) is 5.91 Å². The topological polar surface area (TPSA) is 46.4 Å². The van der Waals surface area contributed by atoms with E-state index in [1.165, 1.54) is 10.5 Å². The molecule has 0 saturated carbocycles. The Labute approximate surface area is 113 Å². The fourth-order valence-corrected chi connectivity index (χ4v) is 1.93. The van der Waals surface area contributed by atoms with E-state index in [1.54, 1.807) is 6.92 Å². The van der Waals surface area contributed by atoms with Gasteiger partial charge in [-0.05, 0) is 25.5 Å². The van der Waals surface area contributed by atoms with Gasteiger partial charge in [-0.1, -0.05) is 6.92 Å². The number of halogens is 3. The number of carbonyl (C=O) groups excluding carboxylic acids is 1. The summed E-state index contributed by atoms with van der Waals surface area (Å²) in [5, 5.41) is 2.64. The molecule has 0 unspecified atom stereocenters. The molecule has 0 aliphatic carbocycles. The summed E-state index contributed by atoms with van der Waals surface area (Å²) in [6, 6.07) is 2.21. The Morgan fingerprint density at radius 3 is 2.70 bits per heavy atom. The highest BCUT2D eigenvalue weighted by Crippen LogP contribution is 2.29. The van der Waals surface area contributed by atoms with Crippen molar-refractivity contribution in [3.63, 3.8) is 0 Å². The lowest BCUT2D eigenvalue weighted by Gasteiger charge is -2.08. The molecule has 0 atom stereocenters. The third kappa shape index (κ3) is 2.61. The zero-order valence-electron chi connectivity index (χ0n) is 11.1. The van der Waals surface area contributed by atoms with Gasteiger partial charge in [-0.3, -0.25) is 9.20 Å². The largest absolute Gasteiger partial charge is 0.417 e. The maximum Gasteiger partial charge on any atom is 0.417 e. The van der Waals surface area contributed by atoms with Crippen LogP contribution in [0.25, 0.3) is 5.65 Å². The molecule has 108 valence electrons. The van der Waals surface area contributed by atoms with Crippen LogP contribution in [0, 0.1) is 6.92 Å². The Hall–Kier alpha value is -2.05. The molecular formula is C13H14F3N3O. The van der Waals surface area contributed by atoms with E-state index in [4.69, 9.17) is 0 Å². The molecule has 0 spiro atoms. The highest BCUT2D eigenvalue weighted by Gasteiger charge is 2.31. The molecule has 0 aromatic carbocycles. The number of fused-ring (bicyclic) bond motifs is 1. The van der Waals surface area contributed by atoms with Crippen molar-refractivity contribution in [3.8, 4) is 0 Å². The minimum absolute atomic E-state index is 0.138. The van der Waals surface area contributed by atoms with Crippen LogP contribution in [0.3, 0.4) is 0 Å². The Kier molecular flexibility index (Phi) is 3.69. The number of hydrogen-bond acceptors (Lipinski definition) is 2. The standard InChI is InChI=1S/C13H14F3N3O/c1-3-6-17-12(20)11-8(2)18-10-5-4-9(7-19(10)11)13(14,15)16/h4-5,7H,3,6H2,1-2H3,(H,17,20). The van der Waals surface area contributed by atoms with Crippen LogP contribution in [-0.2, 0) is 6.18 Å². The van der Waals surface area contributed by atoms with Crippen molar-refractivity contribution in [2.75, 3.05) is 6.54 Å². The van der Waals surface area contributed by atoms with E-state index in [2.05, 4.69) is 10.3 Å². The van der Waals surface area contributed by atoms with Gasteiger partial charge in [0.15, 0.2) is 0 Å². The molecule has 1 amide bonds. The van der Waals surface area contributed by atoms with E-state index in [0.29, 0.717) is 17.9 Å². The number of rotatable bonds is 3. The predicted molar refractivity (Wildman–Crippen MR) is 67.6 cm³/mol. The van der Waals surface area contributed by atoms with Crippen LogP contribution in [-0.4, -0.2) is 21.8 Å². The first-order chi connectivity index (χ1) is 9.34. The number of aromatic nitrogens is 2. The van der Waals surface area contributed by atoms with E-state index < -0.39 is 17.6 Å². The number of pyridine rings is 1. The average molecular weight is 285 g/mol. The van der Waals surface area contributed by atoms with E-state index in [0.717, 1.165) is 18.7 Å². The van der Waals surface area contributed by atoms with Gasteiger partial charge in [0.2, 0.25) is 0 Å². The van der Waals surface area contributed by atoms with Crippen molar-refractivity contribution >= 4 is 11.6 Å². The average Bonchev–Trinajstić information content (AvgIpc) is 2.69. The molecule has 2 rings (SSSR count). The van der Waals surface area contributed by atoms with Crippen LogP contribution in [0.15, 0.2) is 18.3 Å². The van der Waals surface area contributed by atoms with Crippen LogP contribution < -0.4 is 5.32 Å². The maximum atomic E-state index is 12.7. The molecule has 20 heavy (non-hydrogen) atoms. The normalized spacial score (nSPS) is 11.8. The molecule has 2 aromatic heterocycles. The summed E-state index contributed by atoms with van der Waals surface area (Å²) in [6.07, 6.45) is -2.81. The summed E-state index contributed by atoms with van der Waals surface area (Å²) in [5.74, 6) is -0.420. The van der Waals surface area contributed by atoms with Crippen LogP contribution >= 0.6 is 0 Å². The van der Waals surface area contributed by atoms with Crippen molar-refractivity contribution in [3.05, 3.63) is 35.3 Å². The minimum Gasteiger partial charge on any atom is -0.351 e. The number of aryl methyl sites for hydroxylation is 1. The molecular weight excluding hydrogens is 271 g/mol. The Morgan fingerprint density at radius 2 is 2.10 bits per heavy atom. The third-order valence-electron chi connectivity index (χ3n) is 2.87. The van der Waals surface area contributed by atoms with Crippen molar-refractivity contribution in [1.82, 2.24) is 14.7 Å². The van der Waals surface area contributed by atoms with Gasteiger partial charge in [0.1, 0.15) is 11.3 Å². The van der Waals surface area contributed by atoms with E-state index in [-0.39, 0.29) is 5.69 Å². The summed E-state index contributed by atoms with van der Waals surface area (Å²) >= 11 is 0. The van der Waals surface area contributed by atoms with Gasteiger partial charge in [-0.15, -0.1) is 0 Å².